The molecule has 0 radical (unpaired) electrons. The summed E-state index contributed by atoms with van der Waals surface area (Å²) in [5.41, 5.74) is 1.29. The molecule has 1 aliphatic heterocycles. The summed E-state index contributed by atoms with van der Waals surface area (Å²) in [6, 6.07) is 4.59. The average molecular weight is 248 g/mol. The lowest BCUT2D eigenvalue weighted by Gasteiger charge is -2.24. The van der Waals surface area contributed by atoms with Gasteiger partial charge < -0.3 is 4.74 Å². The quantitative estimate of drug-likeness (QED) is 0.749. The molecule has 1 aromatic rings. The summed E-state index contributed by atoms with van der Waals surface area (Å²) in [5, 5.41) is 0. The molecule has 0 bridgehead atoms. The first kappa shape index (κ1) is 13.0. The van der Waals surface area contributed by atoms with E-state index in [1.54, 1.807) is 6.20 Å². The van der Waals surface area contributed by atoms with Crippen molar-refractivity contribution in [2.75, 3.05) is 20.2 Å². The number of carbonyl (C=O) groups excluding carboxylic acids is 1. The van der Waals surface area contributed by atoms with E-state index in [2.05, 4.69) is 20.7 Å². The highest BCUT2D eigenvalue weighted by atomic mass is 16.5. The minimum Gasteiger partial charge on any atom is -0.469 e. The lowest BCUT2D eigenvalue weighted by molar-refractivity contribution is -0.140. The first-order chi connectivity index (χ1) is 8.81. The fourth-order valence-corrected chi connectivity index (χ4v) is 2.57. The molecule has 0 unspecified atom stereocenters. The summed E-state index contributed by atoms with van der Waals surface area (Å²) in [5.74, 6) is -0.118. The van der Waals surface area contributed by atoms with Crippen molar-refractivity contribution in [2.45, 2.75) is 31.7 Å². The van der Waals surface area contributed by atoms with E-state index < -0.39 is 0 Å². The van der Waals surface area contributed by atoms with E-state index in [1.165, 1.54) is 25.5 Å². The Bertz CT molecular complexity index is 381. The van der Waals surface area contributed by atoms with Crippen molar-refractivity contribution in [2.24, 2.45) is 0 Å². The lowest BCUT2D eigenvalue weighted by Crippen LogP contribution is -2.25. The van der Waals surface area contributed by atoms with Crippen molar-refractivity contribution in [3.8, 4) is 0 Å². The molecule has 0 spiro atoms. The molecule has 1 atom stereocenters. The van der Waals surface area contributed by atoms with Crippen molar-refractivity contribution in [3.63, 3.8) is 0 Å². The van der Waals surface area contributed by atoms with Crippen LogP contribution in [-0.2, 0) is 9.53 Å². The van der Waals surface area contributed by atoms with Gasteiger partial charge in [-0.15, -0.1) is 0 Å². The zero-order valence-electron chi connectivity index (χ0n) is 10.8. The fourth-order valence-electron chi connectivity index (χ4n) is 2.57. The number of methoxy groups -OCH3 is 1. The number of aromatic nitrogens is 1. The van der Waals surface area contributed by atoms with Crippen molar-refractivity contribution >= 4 is 5.97 Å². The van der Waals surface area contributed by atoms with Gasteiger partial charge in [-0.25, -0.2) is 0 Å². The predicted octanol–water partition coefficient (Wildman–Crippen LogP) is 2.17. The highest BCUT2D eigenvalue weighted by Crippen LogP contribution is 2.31. The van der Waals surface area contributed by atoms with Crippen LogP contribution in [0.4, 0.5) is 0 Å². The third kappa shape index (κ3) is 3.29. The molecule has 2 heterocycles. The Balaban J connectivity index is 1.86. The van der Waals surface area contributed by atoms with E-state index >= 15 is 0 Å². The van der Waals surface area contributed by atoms with E-state index in [1.807, 2.05) is 12.3 Å². The Morgan fingerprint density at radius 2 is 2.50 bits per heavy atom. The maximum Gasteiger partial charge on any atom is 0.305 e. The summed E-state index contributed by atoms with van der Waals surface area (Å²) in [6.45, 7) is 2.06. The van der Waals surface area contributed by atoms with Crippen LogP contribution >= 0.6 is 0 Å². The van der Waals surface area contributed by atoms with E-state index in [-0.39, 0.29) is 5.97 Å². The largest absolute Gasteiger partial charge is 0.469 e. The van der Waals surface area contributed by atoms with Gasteiger partial charge in [0.2, 0.25) is 0 Å². The van der Waals surface area contributed by atoms with Gasteiger partial charge in [-0.1, -0.05) is 6.07 Å². The van der Waals surface area contributed by atoms with Gasteiger partial charge in [0.15, 0.2) is 0 Å². The molecule has 0 amide bonds. The van der Waals surface area contributed by atoms with E-state index in [0.29, 0.717) is 12.5 Å². The normalized spacial score (nSPS) is 19.9. The first-order valence-electron chi connectivity index (χ1n) is 6.52. The number of hydrogen-bond donors (Lipinski definition) is 0. The summed E-state index contributed by atoms with van der Waals surface area (Å²) >= 11 is 0. The third-order valence-electron chi connectivity index (χ3n) is 3.49. The van der Waals surface area contributed by atoms with Crippen LogP contribution < -0.4 is 0 Å². The van der Waals surface area contributed by atoms with Crippen molar-refractivity contribution in [3.05, 3.63) is 30.1 Å². The molecule has 98 valence electrons. The SMILES string of the molecule is COC(=O)CCCN1CCC[C@H]1c1cccnc1. The lowest BCUT2D eigenvalue weighted by atomic mass is 10.1. The van der Waals surface area contributed by atoms with E-state index in [0.717, 1.165) is 19.5 Å². The molecule has 0 N–H and O–H groups in total. The van der Waals surface area contributed by atoms with Gasteiger partial charge in [0.25, 0.3) is 0 Å². The Labute approximate surface area is 108 Å². The van der Waals surface area contributed by atoms with Crippen LogP contribution in [0, 0.1) is 0 Å². The minimum absolute atomic E-state index is 0.118. The van der Waals surface area contributed by atoms with Crippen LogP contribution in [0.15, 0.2) is 24.5 Å². The van der Waals surface area contributed by atoms with Gasteiger partial charge in [-0.2, -0.15) is 0 Å². The van der Waals surface area contributed by atoms with Crippen LogP contribution in [0.5, 0.6) is 0 Å². The Kier molecular flexibility index (Phi) is 4.70. The topological polar surface area (TPSA) is 42.4 Å². The van der Waals surface area contributed by atoms with E-state index in [9.17, 15) is 4.79 Å². The molecule has 0 saturated carbocycles. The molecule has 18 heavy (non-hydrogen) atoms. The Morgan fingerprint density at radius 1 is 1.61 bits per heavy atom. The molecule has 1 fully saturated rings. The number of carbonyl (C=O) groups is 1. The van der Waals surface area contributed by atoms with Gasteiger partial charge >= 0.3 is 5.97 Å². The average Bonchev–Trinajstić information content (AvgIpc) is 2.88. The fraction of sp³-hybridized carbons (Fsp3) is 0.571. The van der Waals surface area contributed by atoms with Gasteiger partial charge in [-0.3, -0.25) is 14.7 Å². The summed E-state index contributed by atoms with van der Waals surface area (Å²) in [4.78, 5) is 17.7. The van der Waals surface area contributed by atoms with Crippen LogP contribution in [0.1, 0.15) is 37.3 Å². The molecule has 4 heteroatoms. The summed E-state index contributed by atoms with van der Waals surface area (Å²) in [7, 11) is 1.44. The summed E-state index contributed by atoms with van der Waals surface area (Å²) in [6.07, 6.45) is 7.53. The van der Waals surface area contributed by atoms with Gasteiger partial charge in [0.1, 0.15) is 0 Å². The molecule has 1 saturated heterocycles. The minimum atomic E-state index is -0.118. The molecular weight excluding hydrogens is 228 g/mol. The second kappa shape index (κ2) is 6.50. The monoisotopic (exact) mass is 248 g/mol. The molecular formula is C14H20N2O2. The Hall–Kier alpha value is -1.42. The van der Waals surface area contributed by atoms with Gasteiger partial charge in [-0.05, 0) is 44.0 Å². The molecule has 0 aliphatic carbocycles. The van der Waals surface area contributed by atoms with Crippen molar-refractivity contribution < 1.29 is 9.53 Å². The number of pyridine rings is 1. The van der Waals surface area contributed by atoms with Crippen molar-refractivity contribution in [1.29, 1.82) is 0 Å². The van der Waals surface area contributed by atoms with E-state index in [4.69, 9.17) is 0 Å². The zero-order chi connectivity index (χ0) is 12.8. The second-order valence-corrected chi connectivity index (χ2v) is 4.66. The highest BCUT2D eigenvalue weighted by molar-refractivity contribution is 5.69. The molecule has 1 aliphatic rings. The van der Waals surface area contributed by atoms with Crippen LogP contribution in [0.2, 0.25) is 0 Å². The standard InChI is InChI=1S/C14H20N2O2/c1-18-14(17)7-4-10-16-9-3-6-13(16)12-5-2-8-15-11-12/h2,5,8,11,13H,3-4,6-7,9-10H2,1H3/t13-/m0/s1. The first-order valence-corrected chi connectivity index (χ1v) is 6.52. The molecule has 0 aromatic carbocycles. The maximum absolute atomic E-state index is 11.1. The molecule has 2 rings (SSSR count). The third-order valence-corrected chi connectivity index (χ3v) is 3.49. The van der Waals surface area contributed by atoms with Gasteiger partial charge in [0.05, 0.1) is 7.11 Å². The van der Waals surface area contributed by atoms with Crippen LogP contribution in [0.3, 0.4) is 0 Å². The summed E-state index contributed by atoms with van der Waals surface area (Å²) < 4.78 is 4.66. The van der Waals surface area contributed by atoms with Crippen LogP contribution in [-0.4, -0.2) is 36.1 Å². The van der Waals surface area contributed by atoms with Crippen LogP contribution in [0.25, 0.3) is 0 Å². The number of ether oxygens (including phenoxy) is 1. The number of esters is 1. The number of likely N-dealkylation sites (tertiary alicyclic amines) is 1. The predicted molar refractivity (Wildman–Crippen MR) is 69.0 cm³/mol. The smallest absolute Gasteiger partial charge is 0.305 e. The zero-order valence-corrected chi connectivity index (χ0v) is 10.8. The van der Waals surface area contributed by atoms with Crippen molar-refractivity contribution in [1.82, 2.24) is 9.88 Å². The second-order valence-electron chi connectivity index (χ2n) is 4.66. The number of hydrogen-bond acceptors (Lipinski definition) is 4. The maximum atomic E-state index is 11.1. The molecule has 1 aromatic heterocycles. The number of rotatable bonds is 5. The highest BCUT2D eigenvalue weighted by Gasteiger charge is 2.25. The van der Waals surface area contributed by atoms with Gasteiger partial charge in [0, 0.05) is 24.9 Å². The number of nitrogens with zero attached hydrogens (tertiary/aromatic N) is 2. The Morgan fingerprint density at radius 3 is 3.22 bits per heavy atom. The molecule has 4 nitrogen and oxygen atoms in total.